The van der Waals surface area contributed by atoms with Crippen LogP contribution in [0, 0.1) is 38.2 Å². The van der Waals surface area contributed by atoms with Crippen LogP contribution in [0.15, 0.2) is 69.9 Å². The molecule has 0 spiro atoms. The first-order chi connectivity index (χ1) is 66.0. The molecule has 0 saturated heterocycles. The van der Waals surface area contributed by atoms with Crippen LogP contribution in [0.2, 0.25) is 0 Å². The number of ether oxygens (including phenoxy) is 3. The van der Waals surface area contributed by atoms with Crippen molar-refractivity contribution in [3.63, 3.8) is 0 Å². The van der Waals surface area contributed by atoms with E-state index in [9.17, 15) is 59.1 Å². The maximum absolute atomic E-state index is 14.7. The lowest BCUT2D eigenvalue weighted by Crippen LogP contribution is -2.33. The molecule has 0 radical (unpaired) electrons. The first-order valence-electron chi connectivity index (χ1n) is 51.3. The number of nitrogens with zero attached hydrogens (tertiary/aromatic N) is 15. The minimum absolute atomic E-state index is 0.0191. The van der Waals surface area contributed by atoms with Gasteiger partial charge >= 0.3 is 0 Å². The fourth-order valence-electron chi connectivity index (χ4n) is 10.6. The lowest BCUT2D eigenvalue weighted by Gasteiger charge is -2.17. The first-order valence-corrected chi connectivity index (χ1v) is 35.3. The fourth-order valence-corrected chi connectivity index (χ4v) is 12.2. The van der Waals surface area contributed by atoms with Gasteiger partial charge in [0.15, 0.2) is 66.4 Å². The lowest BCUT2D eigenvalue weighted by molar-refractivity contribution is -0.0629. The number of thioether (sulfide) groups is 3. The van der Waals surface area contributed by atoms with Crippen molar-refractivity contribution in [1.29, 1.82) is 0 Å². The molecule has 6 fully saturated rings. The number of aliphatic hydroxyl groups is 9. The molecule has 6 aromatic heterocycles. The molecule has 30 nitrogen and oxygen atoms in total. The number of hydrogen-bond acceptors (Lipinski definition) is 30. The van der Waals surface area contributed by atoms with Gasteiger partial charge in [-0.2, -0.15) is 0 Å². The topological polar surface area (TPSA) is 415 Å². The Labute approximate surface area is 685 Å². The standard InChI is InChI=1S/3C24H31FN6O4S/c3*1-3-8-36-24-27-22(26-16-10-14(16)13-5-4-12(2)15(25)9-13)19-23(28-24)31(30-29-19)17-11-18(35-7-6-32)21(34)20(17)33/h3*4-5,9,14,16-18,20-21,32-34H,3,6-8,10-11H2,1-2H3,(H,26,27,28)/t3*14-,16+,17+,18-,20-,21+/m000/s1/i4D,5D,7D2,8D2,9D,11D2,17D,18D,20D,21D;4D,5D,6D2,8D2,9D,11D2,17D,18D,20D,21D;4D,5D,8D2,9D,11D2,17D,18D,20D,21D. The second-order valence-electron chi connectivity index (χ2n) is 23.8. The summed E-state index contributed by atoms with van der Waals surface area (Å²) in [6.45, 7) is -2.77. The molecule has 9 aromatic rings. The predicted octanol–water partition coefficient (Wildman–Crippen LogP) is 6.55. The zero-order valence-electron chi connectivity index (χ0n) is 94.4. The van der Waals surface area contributed by atoms with Crippen LogP contribution in [0.4, 0.5) is 30.6 Å². The summed E-state index contributed by atoms with van der Waals surface area (Å²) in [4.78, 5) is 25.3. The number of halogens is 3. The number of rotatable bonds is 30. The second-order valence-corrected chi connectivity index (χ2v) is 26.3. The van der Waals surface area contributed by atoms with Crippen LogP contribution in [0.25, 0.3) is 33.5 Å². The van der Waals surface area contributed by atoms with Crippen molar-refractivity contribution >= 4 is 86.2 Å². The van der Waals surface area contributed by atoms with Crippen LogP contribution in [-0.2, 0) is 14.2 Å². The summed E-state index contributed by atoms with van der Waals surface area (Å²) in [5, 5.41) is 125. The average Bonchev–Trinajstić information content (AvgIpc) is 1.49. The summed E-state index contributed by atoms with van der Waals surface area (Å²) < 4.78 is 368. The Balaban J connectivity index is 0.000000182. The average molecular weight is 1590 g/mol. The van der Waals surface area contributed by atoms with Gasteiger partial charge in [-0.05, 0) is 111 Å². The van der Waals surface area contributed by atoms with Gasteiger partial charge in [0.2, 0.25) is 0 Å². The molecule has 108 heavy (non-hydrogen) atoms. The van der Waals surface area contributed by atoms with E-state index in [0.29, 0.717) is 35.3 Å². The Morgan fingerprint density at radius 2 is 0.806 bits per heavy atom. The van der Waals surface area contributed by atoms with Crippen LogP contribution in [0.5, 0.6) is 0 Å². The van der Waals surface area contributed by atoms with Crippen LogP contribution in [0.3, 0.4) is 0 Å². The summed E-state index contributed by atoms with van der Waals surface area (Å²) >= 11 is 1.47. The summed E-state index contributed by atoms with van der Waals surface area (Å²) in [6.07, 6.45) is -46.5. The minimum atomic E-state index is -4.15. The van der Waals surface area contributed by atoms with E-state index in [0.717, 1.165) is 0 Å². The van der Waals surface area contributed by atoms with Gasteiger partial charge in [-0.1, -0.05) is 108 Å². The number of anilines is 3. The normalized spacial score (nSPS) is 42.8. The molecular formula is C72H93F3N18O12S3. The van der Waals surface area contributed by atoms with Crippen LogP contribution in [-0.4, -0.2) is 250 Å². The second kappa shape index (κ2) is 35.1. The van der Waals surface area contributed by atoms with Crippen LogP contribution < -0.4 is 16.0 Å². The molecule has 582 valence electrons. The highest BCUT2D eigenvalue weighted by Crippen LogP contribution is 2.48. The number of hydrogen-bond donors (Lipinski definition) is 12. The molecule has 15 rings (SSSR count). The molecule has 0 amide bonds. The van der Waals surface area contributed by atoms with Crippen LogP contribution in [0.1, 0.15) is 198 Å². The largest absolute Gasteiger partial charge is 0.394 e. The van der Waals surface area contributed by atoms with Gasteiger partial charge in [-0.15, -0.1) is 15.3 Å². The fraction of sp³-hybridized carbons (Fsp3) is 0.583. The van der Waals surface area contributed by atoms with Crippen LogP contribution >= 0.6 is 35.3 Å². The highest BCUT2D eigenvalue weighted by Gasteiger charge is 2.49. The highest BCUT2D eigenvalue weighted by atomic mass is 32.2. The van der Waals surface area contributed by atoms with Gasteiger partial charge < -0.3 is 76.1 Å². The minimum Gasteiger partial charge on any atom is -0.394 e. The van der Waals surface area contributed by atoms with Gasteiger partial charge in [-0.3, -0.25) is 0 Å². The van der Waals surface area contributed by atoms with Gasteiger partial charge in [0, 0.05) is 88.6 Å². The third-order valence-corrected chi connectivity index (χ3v) is 18.7. The third-order valence-electron chi connectivity index (χ3n) is 16.3. The van der Waals surface area contributed by atoms with Crippen molar-refractivity contribution in [3.05, 3.63) is 105 Å². The Morgan fingerprint density at radius 3 is 1.11 bits per heavy atom. The maximum Gasteiger partial charge on any atom is 0.191 e. The smallest absolute Gasteiger partial charge is 0.191 e. The molecule has 0 aliphatic heterocycles. The van der Waals surface area contributed by atoms with Gasteiger partial charge in [0.25, 0.3) is 0 Å². The molecule has 6 saturated carbocycles. The van der Waals surface area contributed by atoms with E-state index in [-0.39, 0.29) is 160 Å². The van der Waals surface area contributed by atoms with E-state index < -0.39 is 249 Å². The quantitative estimate of drug-likeness (QED) is 0.0168. The Morgan fingerprint density at radius 1 is 0.481 bits per heavy atom. The molecule has 6 aliphatic rings. The van der Waals surface area contributed by atoms with Crippen molar-refractivity contribution in [1.82, 2.24) is 74.9 Å². The molecular weight excluding hydrogens is 1460 g/mol. The van der Waals surface area contributed by atoms with E-state index in [1.54, 1.807) is 6.92 Å². The molecule has 18 atom stereocenters. The molecule has 12 N–H and O–H groups in total. The molecule has 36 heteroatoms. The summed E-state index contributed by atoms with van der Waals surface area (Å²) in [7, 11) is 0. The highest BCUT2D eigenvalue weighted by molar-refractivity contribution is 7.99. The zero-order valence-corrected chi connectivity index (χ0v) is 59.8. The third kappa shape index (κ3) is 17.5. The van der Waals surface area contributed by atoms with Crippen molar-refractivity contribution in [2.24, 2.45) is 0 Å². The van der Waals surface area contributed by atoms with Gasteiger partial charge in [0.05, 0.1) is 110 Å². The lowest BCUT2D eigenvalue weighted by atomic mass is 10.1. The molecule has 6 heterocycles. The Kier molecular flexibility index (Phi) is 14.5. The van der Waals surface area contributed by atoms with Crippen molar-refractivity contribution in [2.75, 3.05) is 72.6 Å². The van der Waals surface area contributed by atoms with E-state index in [4.69, 9.17) is 64.9 Å². The zero-order chi connectivity index (χ0) is 109. The van der Waals surface area contributed by atoms with E-state index in [1.807, 2.05) is 0 Å². The molecule has 0 bridgehead atoms. The predicted molar refractivity (Wildman–Crippen MR) is 398 cm³/mol. The van der Waals surface area contributed by atoms with Crippen molar-refractivity contribution < 1.29 is 124 Å². The number of fused-ring (bicyclic) bond motifs is 3. The molecule has 3 aromatic carbocycles. The monoisotopic (exact) mass is 1590 g/mol. The van der Waals surface area contributed by atoms with E-state index >= 15 is 0 Å². The van der Waals surface area contributed by atoms with Gasteiger partial charge in [0.1, 0.15) is 53.9 Å². The number of aliphatic hydroxyl groups excluding tert-OH is 2. The van der Waals surface area contributed by atoms with Gasteiger partial charge in [-0.25, -0.2) is 57.1 Å². The first kappa shape index (κ1) is 44.8. The summed E-state index contributed by atoms with van der Waals surface area (Å²) in [5.74, 6) is -5.48. The van der Waals surface area contributed by atoms with Crippen molar-refractivity contribution in [3.8, 4) is 0 Å². The molecule has 0 unspecified atom stereocenters. The Bertz CT molecular complexity index is 6550. The van der Waals surface area contributed by atoms with E-state index in [1.165, 1.54) is 34.6 Å². The summed E-state index contributed by atoms with van der Waals surface area (Å²) in [5.41, 5.74) is -9.50. The number of aromatic nitrogens is 15. The van der Waals surface area contributed by atoms with Crippen molar-refractivity contribution in [2.45, 2.75) is 223 Å². The Hall–Kier alpha value is -7.14. The number of benzene rings is 3. The maximum atomic E-state index is 14.7. The molecule has 6 aliphatic carbocycles. The number of nitrogens with one attached hydrogen (secondary N) is 3. The SMILES string of the molecule is [2H]c1c([2H])c([C@@H]2C[C@H]2Nc2nc(SC([2H])([2H])CC)nc3c2nnn3[C@]2([2H])C([2H])([2H])[C@]([2H])(OC([2H])([2H])CO)[C@@]([2H])(O)[C@@]2([2H])O)c([2H])c(F)c1C.[2H]c1c([2H])c([C@@H]2C[C@H]2Nc2nc(SC([2H])([2H])CC)nc3c2nnn3[C@]2([2H])C([2H])([2H])[C@]([2H])(OCC([2H])([2H])O)[C@@]([2H])(O)[C@@]2([2H])O)c([2H])c(F)c1C.[2H]c1c([2H])c([C@@H]2C[C@H]2Nc2nc(SC([2H])([2H])CC)nc3c2nnn3[C@]2([2H])C([2H])([2H])[C@]([2H])(OCCO)[C@@]([2H])(O)[C@@]2([2H])O)c([2H])c(F)c1C. The summed E-state index contributed by atoms with van der Waals surface area (Å²) in [6, 6.07) is -17.0. The van der Waals surface area contributed by atoms with E-state index in [2.05, 4.69) is 76.8 Å².